The van der Waals surface area contributed by atoms with Gasteiger partial charge in [0.25, 0.3) is 10.0 Å². The van der Waals surface area contributed by atoms with Crippen molar-refractivity contribution in [1.29, 1.82) is 0 Å². The second-order valence-electron chi connectivity index (χ2n) is 3.09. The van der Waals surface area contributed by atoms with Gasteiger partial charge in [-0.3, -0.25) is 4.79 Å². The van der Waals surface area contributed by atoms with Gasteiger partial charge >= 0.3 is 5.97 Å². The molecular weight excluding hydrogens is 222 g/mol. The number of nitrogens with zero attached hydrogens (tertiary/aromatic N) is 2. The molecule has 1 heterocycles. The second kappa shape index (κ2) is 3.99. The van der Waals surface area contributed by atoms with Crippen LogP contribution in [0.15, 0.2) is 12.3 Å². The van der Waals surface area contributed by atoms with Gasteiger partial charge in [0.15, 0.2) is 0 Å². The van der Waals surface area contributed by atoms with Gasteiger partial charge in [-0.05, 0) is 6.07 Å². The number of rotatable bonds is 4. The smallest absolute Gasteiger partial charge is 0.320 e. The van der Waals surface area contributed by atoms with Crippen LogP contribution in [0.2, 0.25) is 0 Å². The Morgan fingerprint density at radius 2 is 2.33 bits per heavy atom. The summed E-state index contributed by atoms with van der Waals surface area (Å²) < 4.78 is 22.8. The molecule has 0 aliphatic carbocycles. The summed E-state index contributed by atoms with van der Waals surface area (Å²) in [5, 5.41) is 12.2. The molecule has 0 saturated heterocycles. The van der Waals surface area contributed by atoms with E-state index in [1.54, 1.807) is 0 Å². The van der Waals surface area contributed by atoms with Crippen LogP contribution in [-0.4, -0.2) is 41.0 Å². The minimum atomic E-state index is -3.42. The van der Waals surface area contributed by atoms with Crippen LogP contribution in [0.25, 0.3) is 0 Å². The zero-order valence-corrected chi connectivity index (χ0v) is 8.81. The molecule has 1 aromatic heterocycles. The quantitative estimate of drug-likeness (QED) is 0.664. The van der Waals surface area contributed by atoms with Crippen molar-refractivity contribution in [3.8, 4) is 0 Å². The molecule has 1 atom stereocenters. The average molecular weight is 233 g/mol. The van der Waals surface area contributed by atoms with Crippen LogP contribution in [0.4, 0.5) is 0 Å². The van der Waals surface area contributed by atoms with Gasteiger partial charge in [-0.15, -0.1) is 0 Å². The normalized spacial score (nSPS) is 13.7. The van der Waals surface area contributed by atoms with Crippen LogP contribution in [0.3, 0.4) is 0 Å². The zero-order valence-electron chi connectivity index (χ0n) is 7.99. The first-order valence-electron chi connectivity index (χ1n) is 4.04. The van der Waals surface area contributed by atoms with Crippen molar-refractivity contribution in [1.82, 2.24) is 9.19 Å². The van der Waals surface area contributed by atoms with Crippen LogP contribution in [0.1, 0.15) is 5.69 Å². The molecule has 1 rings (SSSR count). The predicted molar refractivity (Wildman–Crippen MR) is 51.8 cm³/mol. The van der Waals surface area contributed by atoms with Gasteiger partial charge in [0.05, 0.1) is 11.9 Å². The highest BCUT2D eigenvalue weighted by atomic mass is 32.2. The van der Waals surface area contributed by atoms with E-state index in [4.69, 9.17) is 10.8 Å². The molecule has 0 bridgehead atoms. The van der Waals surface area contributed by atoms with E-state index in [1.165, 1.54) is 12.3 Å². The van der Waals surface area contributed by atoms with E-state index >= 15 is 0 Å². The summed E-state index contributed by atoms with van der Waals surface area (Å²) in [5.74, 6) is -1.15. The summed E-state index contributed by atoms with van der Waals surface area (Å²) in [7, 11) is -3.42. The molecule has 84 valence electrons. The van der Waals surface area contributed by atoms with Crippen LogP contribution in [-0.2, 0) is 21.2 Å². The highest BCUT2D eigenvalue weighted by molar-refractivity contribution is 7.89. The summed E-state index contributed by atoms with van der Waals surface area (Å²) >= 11 is 0. The van der Waals surface area contributed by atoms with Crippen LogP contribution in [0.5, 0.6) is 0 Å². The van der Waals surface area contributed by atoms with Gasteiger partial charge in [0, 0.05) is 12.6 Å². The van der Waals surface area contributed by atoms with Crippen molar-refractivity contribution >= 4 is 16.0 Å². The van der Waals surface area contributed by atoms with E-state index in [1.807, 2.05) is 0 Å². The average Bonchev–Trinajstić information content (AvgIpc) is 2.51. The lowest BCUT2D eigenvalue weighted by atomic mass is 10.2. The number of carbonyl (C=O) groups is 1. The monoisotopic (exact) mass is 233 g/mol. The Bertz CT molecular complexity index is 464. The molecule has 0 fully saturated rings. The Morgan fingerprint density at radius 1 is 1.73 bits per heavy atom. The molecule has 8 heteroatoms. The van der Waals surface area contributed by atoms with Gasteiger partial charge in [-0.25, -0.2) is 8.42 Å². The molecule has 0 saturated carbocycles. The van der Waals surface area contributed by atoms with Crippen LogP contribution in [0, 0.1) is 0 Å². The van der Waals surface area contributed by atoms with Gasteiger partial charge in [0.2, 0.25) is 0 Å². The Hall–Kier alpha value is -1.41. The summed E-state index contributed by atoms with van der Waals surface area (Å²) in [6, 6.07) is 0.344. The maximum absolute atomic E-state index is 11.0. The number of carboxylic acids is 1. The molecular formula is C7H11N3O4S. The van der Waals surface area contributed by atoms with E-state index in [0.717, 1.165) is 10.3 Å². The highest BCUT2D eigenvalue weighted by Crippen LogP contribution is 2.01. The SMILES string of the molecule is CS(=O)(=O)n1ccc(CC(N)C(=O)O)n1. The van der Waals surface area contributed by atoms with Gasteiger partial charge < -0.3 is 10.8 Å². The van der Waals surface area contributed by atoms with Gasteiger partial charge in [-0.1, -0.05) is 0 Å². The molecule has 0 aliphatic rings. The standard InChI is InChI=1S/C7H11N3O4S/c1-15(13,14)10-3-2-5(9-10)4-6(8)7(11)12/h2-3,6H,4,8H2,1H3,(H,11,12). The minimum Gasteiger partial charge on any atom is -0.480 e. The largest absolute Gasteiger partial charge is 0.480 e. The summed E-state index contributed by atoms with van der Waals surface area (Å²) in [6.45, 7) is 0. The van der Waals surface area contributed by atoms with E-state index in [0.29, 0.717) is 5.69 Å². The van der Waals surface area contributed by atoms with E-state index < -0.39 is 22.0 Å². The third-order valence-corrected chi connectivity index (χ3v) is 2.59. The van der Waals surface area contributed by atoms with Crippen molar-refractivity contribution < 1.29 is 18.3 Å². The fourth-order valence-corrected chi connectivity index (χ4v) is 1.48. The zero-order chi connectivity index (χ0) is 11.6. The van der Waals surface area contributed by atoms with Crippen LogP contribution >= 0.6 is 0 Å². The number of aromatic nitrogens is 2. The minimum absolute atomic E-state index is 0.00213. The number of nitrogens with two attached hydrogens (primary N) is 1. The summed E-state index contributed by atoms with van der Waals surface area (Å²) in [4.78, 5) is 10.4. The van der Waals surface area contributed by atoms with Crippen molar-refractivity contribution in [3.63, 3.8) is 0 Å². The van der Waals surface area contributed by atoms with Crippen molar-refractivity contribution in [2.45, 2.75) is 12.5 Å². The first kappa shape index (κ1) is 11.7. The molecule has 0 spiro atoms. The first-order chi connectivity index (χ1) is 6.80. The van der Waals surface area contributed by atoms with E-state index in [2.05, 4.69) is 5.10 Å². The highest BCUT2D eigenvalue weighted by Gasteiger charge is 2.15. The maximum Gasteiger partial charge on any atom is 0.320 e. The lowest BCUT2D eigenvalue weighted by Crippen LogP contribution is -2.32. The fourth-order valence-electron chi connectivity index (χ4n) is 0.949. The van der Waals surface area contributed by atoms with Crippen LogP contribution < -0.4 is 5.73 Å². The Kier molecular flexibility index (Phi) is 3.10. The fraction of sp³-hybridized carbons (Fsp3) is 0.429. The second-order valence-corrected chi connectivity index (χ2v) is 4.93. The lowest BCUT2D eigenvalue weighted by molar-refractivity contribution is -0.138. The predicted octanol–water partition coefficient (Wildman–Crippen LogP) is -1.35. The molecule has 7 nitrogen and oxygen atoms in total. The first-order valence-corrected chi connectivity index (χ1v) is 5.89. The Balaban J connectivity index is 2.82. The third kappa shape index (κ3) is 3.03. The van der Waals surface area contributed by atoms with Gasteiger partial charge in [-0.2, -0.15) is 9.19 Å². The molecule has 0 amide bonds. The number of aliphatic carboxylic acids is 1. The van der Waals surface area contributed by atoms with Crippen molar-refractivity contribution in [2.24, 2.45) is 5.73 Å². The summed E-state index contributed by atoms with van der Waals surface area (Å²) in [6.07, 6.45) is 2.25. The molecule has 1 aromatic rings. The third-order valence-electron chi connectivity index (χ3n) is 1.71. The Labute approximate surface area is 86.6 Å². The van der Waals surface area contributed by atoms with Gasteiger partial charge in [0.1, 0.15) is 6.04 Å². The number of carboxylic acid groups (broad SMARTS) is 1. The molecule has 3 N–H and O–H groups in total. The molecule has 15 heavy (non-hydrogen) atoms. The van der Waals surface area contributed by atoms with Crippen molar-refractivity contribution in [2.75, 3.05) is 6.26 Å². The molecule has 0 radical (unpaired) electrons. The Morgan fingerprint density at radius 3 is 2.73 bits per heavy atom. The molecule has 0 aliphatic heterocycles. The molecule has 0 aromatic carbocycles. The maximum atomic E-state index is 11.0. The summed E-state index contributed by atoms with van der Waals surface area (Å²) in [5.41, 5.74) is 5.60. The number of hydrogen-bond donors (Lipinski definition) is 2. The lowest BCUT2D eigenvalue weighted by Gasteiger charge is -2.02. The molecule has 1 unspecified atom stereocenters. The topological polar surface area (TPSA) is 115 Å². The van der Waals surface area contributed by atoms with E-state index in [9.17, 15) is 13.2 Å². The van der Waals surface area contributed by atoms with Crippen molar-refractivity contribution in [3.05, 3.63) is 18.0 Å². The number of hydrogen-bond acceptors (Lipinski definition) is 5. The van der Waals surface area contributed by atoms with E-state index in [-0.39, 0.29) is 6.42 Å².